The molecule has 7 heteroatoms. The minimum absolute atomic E-state index is 0.490. The van der Waals surface area contributed by atoms with E-state index in [-0.39, 0.29) is 0 Å². The fraction of sp³-hybridized carbons (Fsp3) is 0.105. The molecular weight excluding hydrogens is 368 g/mol. The molecule has 0 saturated heterocycles. The average Bonchev–Trinajstić information content (AvgIpc) is 3.27. The van der Waals surface area contributed by atoms with Crippen LogP contribution in [0.25, 0.3) is 17.1 Å². The summed E-state index contributed by atoms with van der Waals surface area (Å²) in [4.78, 5) is 4.13. The van der Waals surface area contributed by atoms with Crippen LogP contribution in [0.1, 0.15) is 11.3 Å². The normalized spacial score (nSPS) is 11.0. The summed E-state index contributed by atoms with van der Waals surface area (Å²) in [5.74, 6) is 2.30. The maximum absolute atomic E-state index is 5.86. The van der Waals surface area contributed by atoms with Crippen LogP contribution in [0.15, 0.2) is 70.6 Å². The molecule has 0 N–H and O–H groups in total. The number of para-hydroxylation sites is 1. The van der Waals surface area contributed by atoms with Gasteiger partial charge in [0.15, 0.2) is 11.0 Å². The highest BCUT2D eigenvalue weighted by Gasteiger charge is 2.18. The Kier molecular flexibility index (Phi) is 4.77. The number of aromatic nitrogens is 4. The van der Waals surface area contributed by atoms with E-state index in [0.29, 0.717) is 5.15 Å². The standard InChI is InChI=1S/C19H15ClN4OS/c1-13-16(9-10-25-13)18-22-23-19(24(18)15-5-3-2-4-6-15)26-12-14-7-8-17(20)21-11-14/h2-11H,12H2,1H3. The lowest BCUT2D eigenvalue weighted by Gasteiger charge is -2.09. The third-order valence-corrected chi connectivity index (χ3v) is 5.13. The van der Waals surface area contributed by atoms with Crippen molar-refractivity contribution in [3.63, 3.8) is 0 Å². The first kappa shape index (κ1) is 16.9. The van der Waals surface area contributed by atoms with Crippen molar-refractivity contribution in [2.45, 2.75) is 17.8 Å². The lowest BCUT2D eigenvalue weighted by atomic mass is 10.2. The van der Waals surface area contributed by atoms with Gasteiger partial charge in [-0.2, -0.15) is 0 Å². The number of furan rings is 1. The van der Waals surface area contributed by atoms with Crippen LogP contribution < -0.4 is 0 Å². The van der Waals surface area contributed by atoms with Gasteiger partial charge in [0.05, 0.1) is 11.8 Å². The predicted octanol–water partition coefficient (Wildman–Crippen LogP) is 5.18. The largest absolute Gasteiger partial charge is 0.469 e. The van der Waals surface area contributed by atoms with E-state index >= 15 is 0 Å². The summed E-state index contributed by atoms with van der Waals surface area (Å²) in [6.45, 7) is 1.92. The van der Waals surface area contributed by atoms with Gasteiger partial charge in [-0.3, -0.25) is 4.57 Å². The van der Waals surface area contributed by atoms with Gasteiger partial charge in [-0.25, -0.2) is 4.98 Å². The molecule has 0 saturated carbocycles. The molecular formula is C19H15ClN4OS. The van der Waals surface area contributed by atoms with E-state index in [0.717, 1.165) is 39.3 Å². The molecule has 0 unspecified atom stereocenters. The second kappa shape index (κ2) is 7.35. The number of aryl methyl sites for hydroxylation is 1. The van der Waals surface area contributed by atoms with Gasteiger partial charge < -0.3 is 4.42 Å². The summed E-state index contributed by atoms with van der Waals surface area (Å²) in [5, 5.41) is 10.1. The van der Waals surface area contributed by atoms with E-state index in [2.05, 4.69) is 15.2 Å². The van der Waals surface area contributed by atoms with Crippen LogP contribution >= 0.6 is 23.4 Å². The smallest absolute Gasteiger partial charge is 0.196 e. The van der Waals surface area contributed by atoms with Crippen LogP contribution in [0.2, 0.25) is 5.15 Å². The summed E-state index contributed by atoms with van der Waals surface area (Å²) in [6.07, 6.45) is 3.45. The van der Waals surface area contributed by atoms with Crippen molar-refractivity contribution in [2.75, 3.05) is 0 Å². The lowest BCUT2D eigenvalue weighted by Crippen LogP contribution is -1.99. The van der Waals surface area contributed by atoms with Crippen LogP contribution in [0.3, 0.4) is 0 Å². The SMILES string of the molecule is Cc1occc1-c1nnc(SCc2ccc(Cl)nc2)n1-c1ccccc1. The van der Waals surface area contributed by atoms with Crippen molar-refractivity contribution in [3.8, 4) is 17.1 Å². The van der Waals surface area contributed by atoms with Crippen LogP contribution in [-0.2, 0) is 5.75 Å². The van der Waals surface area contributed by atoms with Gasteiger partial charge in [0.25, 0.3) is 0 Å². The summed E-state index contributed by atoms with van der Waals surface area (Å²) in [7, 11) is 0. The number of rotatable bonds is 5. The Morgan fingerprint density at radius 3 is 2.62 bits per heavy atom. The topological polar surface area (TPSA) is 56.7 Å². The molecule has 0 atom stereocenters. The van der Waals surface area contributed by atoms with Gasteiger partial charge in [0, 0.05) is 17.6 Å². The van der Waals surface area contributed by atoms with Crippen molar-refractivity contribution >= 4 is 23.4 Å². The molecule has 3 heterocycles. The van der Waals surface area contributed by atoms with Gasteiger partial charge in [0.1, 0.15) is 10.9 Å². The highest BCUT2D eigenvalue weighted by atomic mass is 35.5. The number of pyridine rings is 1. The van der Waals surface area contributed by atoms with Gasteiger partial charge >= 0.3 is 0 Å². The minimum Gasteiger partial charge on any atom is -0.469 e. The molecule has 5 nitrogen and oxygen atoms in total. The molecule has 0 bridgehead atoms. The second-order valence-electron chi connectivity index (χ2n) is 5.65. The fourth-order valence-corrected chi connectivity index (χ4v) is 3.60. The zero-order chi connectivity index (χ0) is 17.9. The Morgan fingerprint density at radius 1 is 1.08 bits per heavy atom. The third-order valence-electron chi connectivity index (χ3n) is 3.90. The molecule has 0 aliphatic heterocycles. The van der Waals surface area contributed by atoms with Gasteiger partial charge in [-0.15, -0.1) is 10.2 Å². The summed E-state index contributed by atoms with van der Waals surface area (Å²) >= 11 is 7.46. The van der Waals surface area contributed by atoms with Crippen LogP contribution in [0, 0.1) is 6.92 Å². The Bertz CT molecular complexity index is 1010. The van der Waals surface area contributed by atoms with Crippen molar-refractivity contribution in [2.24, 2.45) is 0 Å². The van der Waals surface area contributed by atoms with Crippen molar-refractivity contribution in [3.05, 3.63) is 77.5 Å². The number of nitrogens with zero attached hydrogens (tertiary/aromatic N) is 4. The number of benzene rings is 1. The summed E-state index contributed by atoms with van der Waals surface area (Å²) < 4.78 is 7.50. The molecule has 4 rings (SSSR count). The number of halogens is 1. The Labute approximate surface area is 160 Å². The monoisotopic (exact) mass is 382 g/mol. The first-order valence-corrected chi connectivity index (χ1v) is 9.37. The average molecular weight is 383 g/mol. The molecule has 3 aromatic heterocycles. The van der Waals surface area contributed by atoms with Crippen molar-refractivity contribution < 1.29 is 4.42 Å². The fourth-order valence-electron chi connectivity index (χ4n) is 2.60. The first-order chi connectivity index (χ1) is 12.7. The second-order valence-corrected chi connectivity index (χ2v) is 6.98. The molecule has 0 spiro atoms. The number of thioether (sulfide) groups is 1. The molecule has 0 aliphatic rings. The molecule has 0 radical (unpaired) electrons. The van der Waals surface area contributed by atoms with E-state index < -0.39 is 0 Å². The lowest BCUT2D eigenvalue weighted by molar-refractivity contribution is 0.535. The van der Waals surface area contributed by atoms with Gasteiger partial charge in [-0.05, 0) is 36.8 Å². The van der Waals surface area contributed by atoms with Crippen LogP contribution in [-0.4, -0.2) is 19.7 Å². The molecule has 0 amide bonds. The number of hydrogen-bond acceptors (Lipinski definition) is 5. The Balaban J connectivity index is 1.71. The third kappa shape index (κ3) is 3.38. The summed E-state index contributed by atoms with van der Waals surface area (Å²) in [5.41, 5.74) is 3.01. The molecule has 4 aromatic rings. The highest BCUT2D eigenvalue weighted by molar-refractivity contribution is 7.98. The molecule has 0 aliphatic carbocycles. The molecule has 130 valence electrons. The van der Waals surface area contributed by atoms with Crippen molar-refractivity contribution in [1.82, 2.24) is 19.7 Å². The Hall–Kier alpha value is -2.57. The molecule has 1 aromatic carbocycles. The van der Waals surface area contributed by atoms with Gasteiger partial charge in [0.2, 0.25) is 0 Å². The van der Waals surface area contributed by atoms with E-state index in [9.17, 15) is 0 Å². The predicted molar refractivity (Wildman–Crippen MR) is 103 cm³/mol. The zero-order valence-electron chi connectivity index (χ0n) is 14.0. The van der Waals surface area contributed by atoms with E-state index in [1.54, 1.807) is 30.3 Å². The van der Waals surface area contributed by atoms with E-state index in [1.807, 2.05) is 54.0 Å². The minimum atomic E-state index is 0.490. The highest BCUT2D eigenvalue weighted by Crippen LogP contribution is 2.31. The maximum atomic E-state index is 5.86. The van der Waals surface area contributed by atoms with Crippen LogP contribution in [0.4, 0.5) is 0 Å². The van der Waals surface area contributed by atoms with Crippen molar-refractivity contribution in [1.29, 1.82) is 0 Å². The van der Waals surface area contributed by atoms with Gasteiger partial charge in [-0.1, -0.05) is 47.6 Å². The zero-order valence-corrected chi connectivity index (χ0v) is 15.5. The van der Waals surface area contributed by atoms with Crippen LogP contribution in [0.5, 0.6) is 0 Å². The maximum Gasteiger partial charge on any atom is 0.196 e. The molecule has 0 fully saturated rings. The number of hydrogen-bond donors (Lipinski definition) is 0. The Morgan fingerprint density at radius 2 is 1.92 bits per heavy atom. The first-order valence-electron chi connectivity index (χ1n) is 8.01. The summed E-state index contributed by atoms with van der Waals surface area (Å²) in [6, 6.07) is 15.7. The molecule has 26 heavy (non-hydrogen) atoms. The van der Waals surface area contributed by atoms with E-state index in [1.165, 1.54) is 0 Å². The quantitative estimate of drug-likeness (QED) is 0.351. The van der Waals surface area contributed by atoms with E-state index in [4.69, 9.17) is 16.0 Å².